The van der Waals surface area contributed by atoms with E-state index in [1.54, 1.807) is 0 Å². The largest absolute Gasteiger partial charge is 0.388 e. The number of epoxide rings is 2. The second kappa shape index (κ2) is 2.17. The maximum atomic E-state index is 9.21. The summed E-state index contributed by atoms with van der Waals surface area (Å²) in [5, 5.41) is 18.4. The highest BCUT2D eigenvalue weighted by molar-refractivity contribution is 4.91. The van der Waals surface area contributed by atoms with Gasteiger partial charge in [0, 0.05) is 0 Å². The standard InChI is InChI=1S/C6H10O4/c7-5(3-1-9-3)6(8)4-2-10-4/h3-8H,1-2H2/t3-,4-,5-,6-/m0/s1. The van der Waals surface area contributed by atoms with Crippen molar-refractivity contribution in [3.63, 3.8) is 0 Å². The fourth-order valence-electron chi connectivity index (χ4n) is 0.945. The van der Waals surface area contributed by atoms with E-state index in [0.717, 1.165) is 0 Å². The summed E-state index contributed by atoms with van der Waals surface area (Å²) in [6, 6.07) is 0. The quantitative estimate of drug-likeness (QED) is 0.476. The first-order valence-electron chi connectivity index (χ1n) is 3.38. The van der Waals surface area contributed by atoms with Gasteiger partial charge in [0.05, 0.1) is 13.2 Å². The van der Waals surface area contributed by atoms with Crippen molar-refractivity contribution in [3.8, 4) is 0 Å². The lowest BCUT2D eigenvalue weighted by atomic mass is 10.1. The Hall–Kier alpha value is -0.160. The van der Waals surface area contributed by atoms with E-state index in [4.69, 9.17) is 9.47 Å². The molecular weight excluding hydrogens is 136 g/mol. The van der Waals surface area contributed by atoms with Gasteiger partial charge in [0.2, 0.25) is 0 Å². The van der Waals surface area contributed by atoms with Crippen molar-refractivity contribution >= 4 is 0 Å². The smallest absolute Gasteiger partial charge is 0.111 e. The first-order valence-corrected chi connectivity index (χ1v) is 3.38. The molecule has 2 heterocycles. The fraction of sp³-hybridized carbons (Fsp3) is 1.00. The molecule has 4 heteroatoms. The van der Waals surface area contributed by atoms with E-state index in [1.807, 2.05) is 0 Å². The third kappa shape index (κ3) is 1.15. The predicted molar refractivity (Wildman–Crippen MR) is 31.5 cm³/mol. The molecule has 58 valence electrons. The van der Waals surface area contributed by atoms with Crippen molar-refractivity contribution in [2.24, 2.45) is 0 Å². The Balaban J connectivity index is 1.83. The molecule has 2 saturated heterocycles. The van der Waals surface area contributed by atoms with Crippen molar-refractivity contribution in [1.29, 1.82) is 0 Å². The van der Waals surface area contributed by atoms with Crippen molar-refractivity contribution in [2.45, 2.75) is 24.4 Å². The molecule has 0 radical (unpaired) electrons. The summed E-state index contributed by atoms with van der Waals surface area (Å²) in [5.74, 6) is 0. The summed E-state index contributed by atoms with van der Waals surface area (Å²) in [5.41, 5.74) is 0. The molecule has 0 aliphatic carbocycles. The van der Waals surface area contributed by atoms with E-state index in [-0.39, 0.29) is 12.2 Å². The molecule has 2 aliphatic heterocycles. The fourth-order valence-corrected chi connectivity index (χ4v) is 0.945. The van der Waals surface area contributed by atoms with Crippen LogP contribution in [-0.4, -0.2) is 47.8 Å². The molecule has 0 bridgehead atoms. The van der Waals surface area contributed by atoms with Crippen molar-refractivity contribution in [3.05, 3.63) is 0 Å². The first-order chi connectivity index (χ1) is 4.79. The first kappa shape index (κ1) is 6.54. The van der Waals surface area contributed by atoms with Crippen LogP contribution < -0.4 is 0 Å². The Labute approximate surface area is 58.4 Å². The number of hydrogen-bond donors (Lipinski definition) is 2. The molecule has 2 aliphatic rings. The van der Waals surface area contributed by atoms with E-state index in [1.165, 1.54) is 0 Å². The number of ether oxygens (including phenoxy) is 2. The lowest BCUT2D eigenvalue weighted by molar-refractivity contribution is -0.0116. The Morgan fingerprint density at radius 1 is 1.00 bits per heavy atom. The zero-order chi connectivity index (χ0) is 7.14. The number of aliphatic hydroxyl groups is 2. The maximum absolute atomic E-state index is 9.21. The highest BCUT2D eigenvalue weighted by Gasteiger charge is 2.43. The summed E-state index contributed by atoms with van der Waals surface area (Å²) < 4.78 is 9.61. The van der Waals surface area contributed by atoms with Crippen LogP contribution >= 0.6 is 0 Å². The number of aliphatic hydroxyl groups excluding tert-OH is 2. The molecule has 4 nitrogen and oxygen atoms in total. The van der Waals surface area contributed by atoms with Crippen LogP contribution in [-0.2, 0) is 9.47 Å². The molecule has 0 aromatic rings. The van der Waals surface area contributed by atoms with Gasteiger partial charge in [-0.15, -0.1) is 0 Å². The molecule has 2 N–H and O–H groups in total. The second-order valence-corrected chi connectivity index (χ2v) is 2.72. The SMILES string of the molecule is O[C@H]([C@@H](O)[C@@H]1CO1)[C@@H]1CO1. The molecule has 0 amide bonds. The Morgan fingerprint density at radius 2 is 1.30 bits per heavy atom. The minimum Gasteiger partial charge on any atom is -0.388 e. The second-order valence-electron chi connectivity index (χ2n) is 2.72. The van der Waals surface area contributed by atoms with Gasteiger partial charge in [0.25, 0.3) is 0 Å². The third-order valence-corrected chi connectivity index (χ3v) is 1.83. The Morgan fingerprint density at radius 3 is 1.50 bits per heavy atom. The molecule has 0 saturated carbocycles. The van der Waals surface area contributed by atoms with Gasteiger partial charge in [-0.05, 0) is 0 Å². The van der Waals surface area contributed by atoms with Gasteiger partial charge in [0.1, 0.15) is 24.4 Å². The van der Waals surface area contributed by atoms with E-state index in [2.05, 4.69) is 0 Å². The lowest BCUT2D eigenvalue weighted by Crippen LogP contribution is -2.35. The molecular formula is C6H10O4. The number of rotatable bonds is 3. The van der Waals surface area contributed by atoms with Gasteiger partial charge in [-0.2, -0.15) is 0 Å². The van der Waals surface area contributed by atoms with Gasteiger partial charge >= 0.3 is 0 Å². The molecule has 0 aromatic carbocycles. The normalized spacial score (nSPS) is 42.6. The van der Waals surface area contributed by atoms with Gasteiger partial charge in [0.15, 0.2) is 0 Å². The summed E-state index contributed by atoms with van der Waals surface area (Å²) >= 11 is 0. The Kier molecular flexibility index (Phi) is 1.42. The summed E-state index contributed by atoms with van der Waals surface area (Å²) in [6.07, 6.45) is -1.82. The van der Waals surface area contributed by atoms with Gasteiger partial charge in [-0.3, -0.25) is 0 Å². The maximum Gasteiger partial charge on any atom is 0.111 e. The predicted octanol–water partition coefficient (Wildman–Crippen LogP) is -1.49. The van der Waals surface area contributed by atoms with Crippen LogP contribution in [0.15, 0.2) is 0 Å². The van der Waals surface area contributed by atoms with E-state index in [9.17, 15) is 10.2 Å². The van der Waals surface area contributed by atoms with Crippen LogP contribution in [0.3, 0.4) is 0 Å². The van der Waals surface area contributed by atoms with Crippen molar-refractivity contribution in [2.75, 3.05) is 13.2 Å². The van der Waals surface area contributed by atoms with Gasteiger partial charge < -0.3 is 19.7 Å². The highest BCUT2D eigenvalue weighted by Crippen LogP contribution is 2.23. The van der Waals surface area contributed by atoms with E-state index >= 15 is 0 Å². The van der Waals surface area contributed by atoms with Gasteiger partial charge in [-0.1, -0.05) is 0 Å². The van der Waals surface area contributed by atoms with Crippen LogP contribution in [0.2, 0.25) is 0 Å². The molecule has 0 aromatic heterocycles. The minimum absolute atomic E-state index is 0.154. The molecule has 2 rings (SSSR count). The van der Waals surface area contributed by atoms with Gasteiger partial charge in [-0.25, -0.2) is 0 Å². The molecule has 2 fully saturated rings. The topological polar surface area (TPSA) is 65.5 Å². The highest BCUT2D eigenvalue weighted by atomic mass is 16.6. The van der Waals surface area contributed by atoms with Crippen LogP contribution in [0, 0.1) is 0 Å². The van der Waals surface area contributed by atoms with Crippen molar-refractivity contribution in [1.82, 2.24) is 0 Å². The van der Waals surface area contributed by atoms with E-state index in [0.29, 0.717) is 13.2 Å². The molecule has 0 spiro atoms. The molecule has 10 heavy (non-hydrogen) atoms. The third-order valence-electron chi connectivity index (χ3n) is 1.83. The summed E-state index contributed by atoms with van der Waals surface area (Å²) in [4.78, 5) is 0. The van der Waals surface area contributed by atoms with Crippen LogP contribution in [0.4, 0.5) is 0 Å². The number of hydrogen-bond acceptors (Lipinski definition) is 4. The van der Waals surface area contributed by atoms with Crippen LogP contribution in [0.25, 0.3) is 0 Å². The lowest BCUT2D eigenvalue weighted by Gasteiger charge is -2.12. The zero-order valence-electron chi connectivity index (χ0n) is 5.43. The molecule has 4 atom stereocenters. The Bertz CT molecular complexity index is 114. The minimum atomic E-state index is -0.757. The average molecular weight is 146 g/mol. The average Bonchev–Trinajstić information content (AvgIpc) is 2.73. The zero-order valence-corrected chi connectivity index (χ0v) is 5.43. The van der Waals surface area contributed by atoms with Crippen molar-refractivity contribution < 1.29 is 19.7 Å². The van der Waals surface area contributed by atoms with Crippen LogP contribution in [0.1, 0.15) is 0 Å². The summed E-state index contributed by atoms with van der Waals surface area (Å²) in [7, 11) is 0. The van der Waals surface area contributed by atoms with E-state index < -0.39 is 12.2 Å². The summed E-state index contributed by atoms with van der Waals surface area (Å²) in [6.45, 7) is 1.12. The molecule has 0 unspecified atom stereocenters. The monoisotopic (exact) mass is 146 g/mol. The van der Waals surface area contributed by atoms with Crippen LogP contribution in [0.5, 0.6) is 0 Å².